The van der Waals surface area contributed by atoms with Crippen molar-refractivity contribution in [2.24, 2.45) is 0 Å². The van der Waals surface area contributed by atoms with Gasteiger partial charge in [0, 0.05) is 23.7 Å². The lowest BCUT2D eigenvalue weighted by atomic mass is 9.95. The van der Waals surface area contributed by atoms with Crippen LogP contribution in [0.15, 0.2) is 36.4 Å². The Morgan fingerprint density at radius 1 is 1.07 bits per heavy atom. The molecule has 0 atom stereocenters. The highest BCUT2D eigenvalue weighted by Gasteiger charge is 2.18. The zero-order valence-corrected chi connectivity index (χ0v) is 16.9. The van der Waals surface area contributed by atoms with Gasteiger partial charge in [-0.05, 0) is 60.7 Å². The van der Waals surface area contributed by atoms with Gasteiger partial charge in [0.25, 0.3) is 5.91 Å². The van der Waals surface area contributed by atoms with Crippen molar-refractivity contribution >= 4 is 17.5 Å². The van der Waals surface area contributed by atoms with Crippen molar-refractivity contribution < 1.29 is 14.3 Å². The third-order valence-electron chi connectivity index (χ3n) is 5.82. The van der Waals surface area contributed by atoms with Gasteiger partial charge in [-0.2, -0.15) is 0 Å². The van der Waals surface area contributed by atoms with Crippen LogP contribution in [0.1, 0.15) is 59.2 Å². The van der Waals surface area contributed by atoms with Crippen LogP contribution in [0.25, 0.3) is 0 Å². The SMILES string of the molecule is Cc1cc(C(=O)NC2CCCCC2)ccc1NC(=O)Cc1ccc2c(c1)CCO2. The summed E-state index contributed by atoms with van der Waals surface area (Å²) in [7, 11) is 0. The van der Waals surface area contributed by atoms with Crippen LogP contribution in [-0.4, -0.2) is 24.5 Å². The zero-order valence-electron chi connectivity index (χ0n) is 16.9. The van der Waals surface area contributed by atoms with Crippen LogP contribution < -0.4 is 15.4 Å². The summed E-state index contributed by atoms with van der Waals surface area (Å²) in [5, 5.41) is 6.11. The smallest absolute Gasteiger partial charge is 0.251 e. The van der Waals surface area contributed by atoms with Crippen LogP contribution in [-0.2, 0) is 17.6 Å². The minimum absolute atomic E-state index is 0.0294. The second-order valence-electron chi connectivity index (χ2n) is 8.10. The molecule has 2 aliphatic rings. The van der Waals surface area contributed by atoms with Gasteiger partial charge in [-0.25, -0.2) is 0 Å². The summed E-state index contributed by atoms with van der Waals surface area (Å²) in [5.74, 6) is 0.830. The predicted molar refractivity (Wildman–Crippen MR) is 113 cm³/mol. The topological polar surface area (TPSA) is 67.4 Å². The molecule has 1 heterocycles. The molecule has 0 radical (unpaired) electrons. The van der Waals surface area contributed by atoms with Gasteiger partial charge >= 0.3 is 0 Å². The fraction of sp³-hybridized carbons (Fsp3) is 0.417. The van der Waals surface area contributed by atoms with Gasteiger partial charge in [0.2, 0.25) is 5.91 Å². The van der Waals surface area contributed by atoms with E-state index in [9.17, 15) is 9.59 Å². The Kier molecular flexibility index (Phi) is 5.84. The molecule has 1 aliphatic carbocycles. The molecular weight excluding hydrogens is 364 g/mol. The molecule has 5 nitrogen and oxygen atoms in total. The van der Waals surface area contributed by atoms with Crippen molar-refractivity contribution in [2.75, 3.05) is 11.9 Å². The zero-order chi connectivity index (χ0) is 20.2. The van der Waals surface area contributed by atoms with Crippen LogP contribution in [0.3, 0.4) is 0 Å². The molecule has 2 N–H and O–H groups in total. The molecule has 0 bridgehead atoms. The molecule has 2 aromatic rings. The lowest BCUT2D eigenvalue weighted by Crippen LogP contribution is -2.36. The first-order valence-corrected chi connectivity index (χ1v) is 10.5. The first-order chi connectivity index (χ1) is 14.1. The van der Waals surface area contributed by atoms with Crippen LogP contribution >= 0.6 is 0 Å². The Labute approximate surface area is 171 Å². The van der Waals surface area contributed by atoms with Gasteiger partial charge in [0.15, 0.2) is 0 Å². The minimum Gasteiger partial charge on any atom is -0.493 e. The van der Waals surface area contributed by atoms with Gasteiger partial charge in [0.1, 0.15) is 5.75 Å². The molecule has 2 aromatic carbocycles. The first-order valence-electron chi connectivity index (χ1n) is 10.5. The van der Waals surface area contributed by atoms with Gasteiger partial charge in [-0.3, -0.25) is 9.59 Å². The second kappa shape index (κ2) is 8.68. The Hall–Kier alpha value is -2.82. The van der Waals surface area contributed by atoms with Gasteiger partial charge in [-0.1, -0.05) is 31.4 Å². The third kappa shape index (κ3) is 4.78. The lowest BCUT2D eigenvalue weighted by Gasteiger charge is -2.23. The summed E-state index contributed by atoms with van der Waals surface area (Å²) in [6.07, 6.45) is 6.98. The molecule has 5 heteroatoms. The largest absolute Gasteiger partial charge is 0.493 e. The van der Waals surface area contributed by atoms with E-state index in [0.29, 0.717) is 18.6 Å². The number of aryl methyl sites for hydroxylation is 1. The van der Waals surface area contributed by atoms with Crippen LogP contribution in [0.5, 0.6) is 5.75 Å². The monoisotopic (exact) mass is 392 g/mol. The normalized spacial score (nSPS) is 16.0. The number of nitrogens with one attached hydrogen (secondary N) is 2. The van der Waals surface area contributed by atoms with Crippen molar-refractivity contribution in [3.8, 4) is 5.75 Å². The standard InChI is InChI=1S/C24H28N2O3/c1-16-13-19(24(28)25-20-5-3-2-4-6-20)8-9-21(16)26-23(27)15-17-7-10-22-18(14-17)11-12-29-22/h7-10,13-14,20H,2-6,11-12,15H2,1H3,(H,25,28)(H,26,27). The maximum Gasteiger partial charge on any atom is 0.251 e. The predicted octanol–water partition coefficient (Wildman–Crippen LogP) is 4.17. The van der Waals surface area contributed by atoms with E-state index >= 15 is 0 Å². The van der Waals surface area contributed by atoms with E-state index in [4.69, 9.17) is 4.74 Å². The Balaban J connectivity index is 1.36. The van der Waals surface area contributed by atoms with Gasteiger partial charge < -0.3 is 15.4 Å². The Morgan fingerprint density at radius 2 is 1.90 bits per heavy atom. The Morgan fingerprint density at radius 3 is 2.69 bits per heavy atom. The summed E-state index contributed by atoms with van der Waals surface area (Å²) >= 11 is 0. The summed E-state index contributed by atoms with van der Waals surface area (Å²) in [6.45, 7) is 2.63. The number of carbonyl (C=O) groups excluding carboxylic acids is 2. The molecular formula is C24H28N2O3. The number of amides is 2. The van der Waals surface area contributed by atoms with E-state index in [-0.39, 0.29) is 17.9 Å². The van der Waals surface area contributed by atoms with Crippen LogP contribution in [0.2, 0.25) is 0 Å². The maximum absolute atomic E-state index is 12.5. The summed E-state index contributed by atoms with van der Waals surface area (Å²) < 4.78 is 5.51. The number of hydrogen-bond donors (Lipinski definition) is 2. The van der Waals surface area contributed by atoms with E-state index in [2.05, 4.69) is 10.6 Å². The number of fused-ring (bicyclic) bond motifs is 1. The lowest BCUT2D eigenvalue weighted by molar-refractivity contribution is -0.115. The van der Waals surface area contributed by atoms with Crippen LogP contribution in [0, 0.1) is 6.92 Å². The molecule has 1 fully saturated rings. The highest BCUT2D eigenvalue weighted by Crippen LogP contribution is 2.26. The maximum atomic E-state index is 12.5. The second-order valence-corrected chi connectivity index (χ2v) is 8.10. The molecule has 152 valence electrons. The fourth-order valence-electron chi connectivity index (χ4n) is 4.19. The van der Waals surface area contributed by atoms with E-state index in [1.165, 1.54) is 24.8 Å². The molecule has 2 amide bonds. The highest BCUT2D eigenvalue weighted by atomic mass is 16.5. The number of benzene rings is 2. The van der Waals surface area contributed by atoms with Crippen molar-refractivity contribution in [1.29, 1.82) is 0 Å². The summed E-state index contributed by atoms with van der Waals surface area (Å²) in [4.78, 5) is 25.0. The molecule has 1 saturated carbocycles. The molecule has 4 rings (SSSR count). The Bertz CT molecular complexity index is 916. The van der Waals surface area contributed by atoms with Gasteiger partial charge in [-0.15, -0.1) is 0 Å². The molecule has 0 unspecified atom stereocenters. The average molecular weight is 392 g/mol. The van der Waals surface area contributed by atoms with Crippen molar-refractivity contribution in [1.82, 2.24) is 5.32 Å². The van der Waals surface area contributed by atoms with E-state index in [0.717, 1.165) is 41.8 Å². The number of carbonyl (C=O) groups is 2. The summed E-state index contributed by atoms with van der Waals surface area (Å²) in [6, 6.07) is 11.7. The van der Waals surface area contributed by atoms with E-state index in [1.54, 1.807) is 6.07 Å². The van der Waals surface area contributed by atoms with Crippen molar-refractivity contribution in [3.05, 3.63) is 58.7 Å². The fourth-order valence-corrected chi connectivity index (χ4v) is 4.19. The molecule has 1 aliphatic heterocycles. The number of ether oxygens (including phenoxy) is 1. The first kappa shape index (κ1) is 19.5. The van der Waals surface area contributed by atoms with E-state index in [1.807, 2.05) is 37.3 Å². The van der Waals surface area contributed by atoms with Crippen LogP contribution in [0.4, 0.5) is 5.69 Å². The molecule has 0 aromatic heterocycles. The van der Waals surface area contributed by atoms with E-state index < -0.39 is 0 Å². The number of hydrogen-bond acceptors (Lipinski definition) is 3. The van der Waals surface area contributed by atoms with Crippen molar-refractivity contribution in [2.45, 2.75) is 57.9 Å². The number of anilines is 1. The summed E-state index contributed by atoms with van der Waals surface area (Å²) in [5.41, 5.74) is 4.42. The highest BCUT2D eigenvalue weighted by molar-refractivity contribution is 5.97. The molecule has 0 spiro atoms. The quantitative estimate of drug-likeness (QED) is 0.802. The third-order valence-corrected chi connectivity index (χ3v) is 5.82. The van der Waals surface area contributed by atoms with Crippen molar-refractivity contribution in [3.63, 3.8) is 0 Å². The van der Waals surface area contributed by atoms with Gasteiger partial charge in [0.05, 0.1) is 13.0 Å². The minimum atomic E-state index is -0.0635. The average Bonchev–Trinajstić information content (AvgIpc) is 3.18. The molecule has 29 heavy (non-hydrogen) atoms. The molecule has 0 saturated heterocycles. The number of rotatable bonds is 5.